The number of carboxylic acid groups (broad SMARTS) is 1. The predicted octanol–water partition coefficient (Wildman–Crippen LogP) is 5.37. The molecule has 2 aromatic carbocycles. The van der Waals surface area contributed by atoms with E-state index >= 15 is 0 Å². The van der Waals surface area contributed by atoms with Crippen LogP contribution in [0.2, 0.25) is 0 Å². The van der Waals surface area contributed by atoms with Crippen molar-refractivity contribution in [1.29, 1.82) is 0 Å². The van der Waals surface area contributed by atoms with Crippen LogP contribution in [0.3, 0.4) is 0 Å². The zero-order valence-corrected chi connectivity index (χ0v) is 18.1. The van der Waals surface area contributed by atoms with Crippen LogP contribution in [0.25, 0.3) is 0 Å². The fourth-order valence-corrected chi connectivity index (χ4v) is 4.69. The fraction of sp³-hybridized carbons (Fsp3) is 0.500. The third-order valence-corrected chi connectivity index (χ3v) is 6.41. The van der Waals surface area contributed by atoms with E-state index in [2.05, 4.69) is 24.3 Å². The second kappa shape index (κ2) is 10.2. The number of rotatable bonds is 10. The van der Waals surface area contributed by atoms with Crippen molar-refractivity contribution in [2.24, 2.45) is 0 Å². The van der Waals surface area contributed by atoms with E-state index in [9.17, 15) is 9.90 Å². The molecule has 1 saturated heterocycles. The lowest BCUT2D eigenvalue weighted by Gasteiger charge is -2.23. The van der Waals surface area contributed by atoms with E-state index in [1.165, 1.54) is 31.2 Å². The number of carbonyl (C=O) groups is 1. The van der Waals surface area contributed by atoms with E-state index < -0.39 is 11.6 Å². The molecule has 2 aliphatic rings. The average Bonchev–Trinajstić information content (AvgIpc) is 3.47. The molecule has 0 radical (unpaired) electrons. The molecule has 5 nitrogen and oxygen atoms in total. The second-order valence-electron chi connectivity index (χ2n) is 8.68. The van der Waals surface area contributed by atoms with Gasteiger partial charge in [-0.25, -0.2) is 4.79 Å². The summed E-state index contributed by atoms with van der Waals surface area (Å²) in [6, 6.07) is 16.2. The Hall–Kier alpha value is -2.53. The highest BCUT2D eigenvalue weighted by Gasteiger charge is 2.42. The average molecular weight is 425 g/mol. The minimum atomic E-state index is -1.10. The SMILES string of the molecule is O=C(O)C1(Cc2cccc(OCCCOc3ccc(C4CCCC4)cc3)c2)CCCO1. The number of carboxylic acids is 1. The Balaban J connectivity index is 1.20. The van der Waals surface area contributed by atoms with Crippen molar-refractivity contribution >= 4 is 5.97 Å². The number of hydrogen-bond acceptors (Lipinski definition) is 4. The standard InChI is InChI=1S/C26H32O5/c27-25(28)26(14-4-17-31-26)19-20-6-3-9-24(18-20)30-16-5-15-29-23-12-10-22(11-13-23)21-7-1-2-8-21/h3,6,9-13,18,21H,1-2,4-5,7-8,14-17,19H2,(H,27,28). The summed E-state index contributed by atoms with van der Waals surface area (Å²) in [6.45, 7) is 1.65. The Morgan fingerprint density at radius 2 is 1.74 bits per heavy atom. The Bertz CT molecular complexity index is 848. The molecular weight excluding hydrogens is 392 g/mol. The van der Waals surface area contributed by atoms with Crippen molar-refractivity contribution in [2.75, 3.05) is 19.8 Å². The Kier molecular flexibility index (Phi) is 7.13. The molecule has 1 aliphatic heterocycles. The van der Waals surface area contributed by atoms with E-state index in [1.54, 1.807) is 0 Å². The fourth-order valence-electron chi connectivity index (χ4n) is 4.69. The minimum Gasteiger partial charge on any atom is -0.493 e. The van der Waals surface area contributed by atoms with Gasteiger partial charge >= 0.3 is 5.97 Å². The lowest BCUT2D eigenvalue weighted by molar-refractivity contribution is -0.159. The lowest BCUT2D eigenvalue weighted by atomic mass is 9.91. The van der Waals surface area contributed by atoms with Crippen LogP contribution in [0.5, 0.6) is 11.5 Å². The lowest BCUT2D eigenvalue weighted by Crippen LogP contribution is -2.40. The Labute approximate surface area is 184 Å². The first-order chi connectivity index (χ1) is 15.1. The van der Waals surface area contributed by atoms with E-state index in [0.717, 1.165) is 35.8 Å². The van der Waals surface area contributed by atoms with Gasteiger partial charge in [-0.2, -0.15) is 0 Å². The van der Waals surface area contributed by atoms with Crippen molar-refractivity contribution < 1.29 is 24.1 Å². The highest BCUT2D eigenvalue weighted by Crippen LogP contribution is 2.34. The summed E-state index contributed by atoms with van der Waals surface area (Å²) < 4.78 is 17.3. The molecular formula is C26H32O5. The van der Waals surface area contributed by atoms with Crippen LogP contribution >= 0.6 is 0 Å². The molecule has 2 aromatic rings. The van der Waals surface area contributed by atoms with Gasteiger partial charge in [0.2, 0.25) is 0 Å². The van der Waals surface area contributed by atoms with Crippen LogP contribution in [-0.2, 0) is 16.0 Å². The minimum absolute atomic E-state index is 0.361. The molecule has 2 fully saturated rings. The molecule has 1 aliphatic carbocycles. The molecule has 31 heavy (non-hydrogen) atoms. The summed E-state index contributed by atoms with van der Waals surface area (Å²) in [5.41, 5.74) is 1.25. The maximum absolute atomic E-state index is 11.7. The smallest absolute Gasteiger partial charge is 0.336 e. The van der Waals surface area contributed by atoms with Crippen molar-refractivity contribution in [2.45, 2.75) is 62.9 Å². The van der Waals surface area contributed by atoms with E-state index in [-0.39, 0.29) is 0 Å². The van der Waals surface area contributed by atoms with Gasteiger partial charge < -0.3 is 19.3 Å². The maximum atomic E-state index is 11.7. The van der Waals surface area contributed by atoms with Gasteiger partial charge in [0.15, 0.2) is 5.60 Å². The molecule has 0 aromatic heterocycles. The summed E-state index contributed by atoms with van der Waals surface area (Å²) in [7, 11) is 0. The quantitative estimate of drug-likeness (QED) is 0.520. The zero-order chi connectivity index (χ0) is 21.5. The topological polar surface area (TPSA) is 65.0 Å². The summed E-state index contributed by atoms with van der Waals surface area (Å²) >= 11 is 0. The third-order valence-electron chi connectivity index (χ3n) is 6.41. The number of benzene rings is 2. The van der Waals surface area contributed by atoms with Crippen LogP contribution in [0, 0.1) is 0 Å². The van der Waals surface area contributed by atoms with Crippen molar-refractivity contribution in [1.82, 2.24) is 0 Å². The van der Waals surface area contributed by atoms with E-state index in [0.29, 0.717) is 32.7 Å². The first-order valence-corrected chi connectivity index (χ1v) is 11.5. The molecule has 166 valence electrons. The van der Waals surface area contributed by atoms with Crippen LogP contribution in [0.15, 0.2) is 48.5 Å². The van der Waals surface area contributed by atoms with Gasteiger partial charge in [-0.15, -0.1) is 0 Å². The van der Waals surface area contributed by atoms with Gasteiger partial charge in [0.1, 0.15) is 11.5 Å². The van der Waals surface area contributed by atoms with Gasteiger partial charge in [-0.05, 0) is 67.0 Å². The van der Waals surface area contributed by atoms with Crippen molar-refractivity contribution in [3.05, 3.63) is 59.7 Å². The van der Waals surface area contributed by atoms with Crippen LogP contribution in [0.4, 0.5) is 0 Å². The number of ether oxygens (including phenoxy) is 3. The van der Waals surface area contributed by atoms with Crippen LogP contribution < -0.4 is 9.47 Å². The highest BCUT2D eigenvalue weighted by molar-refractivity contribution is 5.78. The van der Waals surface area contributed by atoms with Crippen LogP contribution in [-0.4, -0.2) is 36.5 Å². The molecule has 0 amide bonds. The first-order valence-electron chi connectivity index (χ1n) is 11.5. The van der Waals surface area contributed by atoms with Crippen molar-refractivity contribution in [3.63, 3.8) is 0 Å². The van der Waals surface area contributed by atoms with Gasteiger partial charge in [0, 0.05) is 19.4 Å². The maximum Gasteiger partial charge on any atom is 0.336 e. The molecule has 0 bridgehead atoms. The zero-order valence-electron chi connectivity index (χ0n) is 18.1. The van der Waals surface area contributed by atoms with Crippen LogP contribution in [0.1, 0.15) is 62.0 Å². The molecule has 0 spiro atoms. The van der Waals surface area contributed by atoms with E-state index in [4.69, 9.17) is 14.2 Å². The molecule has 1 N–H and O–H groups in total. The highest BCUT2D eigenvalue weighted by atomic mass is 16.5. The van der Waals surface area contributed by atoms with Gasteiger partial charge in [-0.3, -0.25) is 0 Å². The second-order valence-corrected chi connectivity index (χ2v) is 8.68. The third kappa shape index (κ3) is 5.59. The van der Waals surface area contributed by atoms with Crippen molar-refractivity contribution in [3.8, 4) is 11.5 Å². The van der Waals surface area contributed by atoms with Gasteiger partial charge in [0.05, 0.1) is 13.2 Å². The first kappa shape index (κ1) is 21.7. The summed E-state index contributed by atoms with van der Waals surface area (Å²) in [4.78, 5) is 11.7. The molecule has 1 heterocycles. The largest absolute Gasteiger partial charge is 0.493 e. The number of aliphatic carboxylic acids is 1. The van der Waals surface area contributed by atoms with Gasteiger partial charge in [-0.1, -0.05) is 37.1 Å². The molecule has 1 saturated carbocycles. The molecule has 1 unspecified atom stereocenters. The normalized spacial score (nSPS) is 21.3. The van der Waals surface area contributed by atoms with Gasteiger partial charge in [0.25, 0.3) is 0 Å². The Morgan fingerprint density at radius 3 is 2.42 bits per heavy atom. The predicted molar refractivity (Wildman–Crippen MR) is 119 cm³/mol. The monoisotopic (exact) mass is 424 g/mol. The number of hydrogen-bond donors (Lipinski definition) is 1. The summed E-state index contributed by atoms with van der Waals surface area (Å²) in [5, 5.41) is 9.59. The molecule has 5 heteroatoms. The molecule has 4 rings (SSSR count). The molecule has 1 atom stereocenters. The Morgan fingerprint density at radius 1 is 1.00 bits per heavy atom. The summed E-state index contributed by atoms with van der Waals surface area (Å²) in [6.07, 6.45) is 7.78. The van der Waals surface area contributed by atoms with E-state index in [1.807, 2.05) is 24.3 Å². The summed E-state index contributed by atoms with van der Waals surface area (Å²) in [5.74, 6) is 1.49.